The van der Waals surface area contributed by atoms with Gasteiger partial charge in [-0.1, -0.05) is 16.8 Å². The van der Waals surface area contributed by atoms with Gasteiger partial charge in [-0.2, -0.15) is 4.98 Å². The van der Waals surface area contributed by atoms with Crippen LogP contribution in [0.3, 0.4) is 0 Å². The summed E-state index contributed by atoms with van der Waals surface area (Å²) < 4.78 is 10.3. The number of carbonyl (C=O) groups is 1. The molecule has 1 saturated heterocycles. The molecule has 0 bridgehead atoms. The largest absolute Gasteiger partial charge is 0.496 e. The summed E-state index contributed by atoms with van der Waals surface area (Å²) in [4.78, 5) is 21.0. The van der Waals surface area contributed by atoms with Crippen molar-refractivity contribution in [2.45, 2.75) is 13.5 Å². The molecular weight excluding hydrogens is 417 g/mol. The third-order valence-corrected chi connectivity index (χ3v) is 4.47. The zero-order chi connectivity index (χ0) is 18.0. The topological polar surface area (TPSA) is 97.7 Å². The van der Waals surface area contributed by atoms with Crippen LogP contribution in [0.15, 0.2) is 16.7 Å². The van der Waals surface area contributed by atoms with Gasteiger partial charge in [0.1, 0.15) is 5.75 Å². The van der Waals surface area contributed by atoms with Crippen LogP contribution in [0.5, 0.6) is 5.75 Å². The SMILES string of the molecule is COc1cc(N)c(Cl)cc1C(=O)N1CCN(Cc2noc(C)n2)CC1.Cl.Cl. The number of hydrogen-bond acceptors (Lipinski definition) is 7. The molecule has 150 valence electrons. The molecule has 0 saturated carbocycles. The highest BCUT2D eigenvalue weighted by Crippen LogP contribution is 2.30. The van der Waals surface area contributed by atoms with E-state index >= 15 is 0 Å². The second-order valence-corrected chi connectivity index (χ2v) is 6.28. The lowest BCUT2D eigenvalue weighted by Gasteiger charge is -2.34. The van der Waals surface area contributed by atoms with E-state index in [4.69, 9.17) is 26.6 Å². The minimum Gasteiger partial charge on any atom is -0.496 e. The van der Waals surface area contributed by atoms with Crippen molar-refractivity contribution in [2.24, 2.45) is 0 Å². The molecule has 1 aromatic heterocycles. The Balaban J connectivity index is 0.00000182. The van der Waals surface area contributed by atoms with E-state index in [0.717, 1.165) is 13.1 Å². The first-order valence-electron chi connectivity index (χ1n) is 7.91. The number of amides is 1. The van der Waals surface area contributed by atoms with Gasteiger partial charge in [0.25, 0.3) is 5.91 Å². The molecule has 2 aromatic rings. The van der Waals surface area contributed by atoms with E-state index in [1.807, 2.05) is 0 Å². The maximum Gasteiger partial charge on any atom is 0.257 e. The number of carbonyl (C=O) groups excluding carboxylic acids is 1. The van der Waals surface area contributed by atoms with Crippen LogP contribution in [-0.2, 0) is 6.54 Å². The Hall–Kier alpha value is -1.74. The van der Waals surface area contributed by atoms with Crippen LogP contribution in [0.1, 0.15) is 22.1 Å². The fourth-order valence-corrected chi connectivity index (χ4v) is 2.95. The third kappa shape index (κ3) is 5.38. The molecule has 0 spiro atoms. The van der Waals surface area contributed by atoms with Gasteiger partial charge >= 0.3 is 0 Å². The van der Waals surface area contributed by atoms with Gasteiger partial charge in [0.15, 0.2) is 5.82 Å². The van der Waals surface area contributed by atoms with E-state index in [-0.39, 0.29) is 30.7 Å². The Labute approximate surface area is 174 Å². The van der Waals surface area contributed by atoms with E-state index in [2.05, 4.69) is 15.0 Å². The third-order valence-electron chi connectivity index (χ3n) is 4.14. The highest BCUT2D eigenvalue weighted by Gasteiger charge is 2.25. The zero-order valence-corrected chi connectivity index (χ0v) is 17.4. The van der Waals surface area contributed by atoms with Crippen molar-refractivity contribution in [2.75, 3.05) is 39.0 Å². The Morgan fingerprint density at radius 2 is 1.96 bits per heavy atom. The van der Waals surface area contributed by atoms with Crippen LogP contribution < -0.4 is 10.5 Å². The molecule has 3 rings (SSSR count). The molecule has 1 amide bonds. The fraction of sp³-hybridized carbons (Fsp3) is 0.438. The number of anilines is 1. The maximum absolute atomic E-state index is 12.8. The van der Waals surface area contributed by atoms with Crippen LogP contribution in [0, 0.1) is 6.92 Å². The summed E-state index contributed by atoms with van der Waals surface area (Å²) in [5.41, 5.74) is 6.58. The second-order valence-electron chi connectivity index (χ2n) is 5.87. The quantitative estimate of drug-likeness (QED) is 0.732. The number of halogens is 3. The predicted octanol–water partition coefficient (Wildman–Crippen LogP) is 2.42. The Bertz CT molecular complexity index is 779. The number of aryl methyl sites for hydroxylation is 1. The molecule has 1 fully saturated rings. The number of aromatic nitrogens is 2. The fourth-order valence-electron chi connectivity index (χ4n) is 2.79. The summed E-state index contributed by atoms with van der Waals surface area (Å²) in [6, 6.07) is 3.14. The van der Waals surface area contributed by atoms with Crippen molar-refractivity contribution in [3.05, 3.63) is 34.4 Å². The molecule has 2 N–H and O–H groups in total. The minimum atomic E-state index is -0.117. The lowest BCUT2D eigenvalue weighted by Crippen LogP contribution is -2.48. The first kappa shape index (κ1) is 23.3. The molecule has 1 aliphatic rings. The Morgan fingerprint density at radius 1 is 1.30 bits per heavy atom. The number of hydrogen-bond donors (Lipinski definition) is 1. The number of nitrogens with zero attached hydrogens (tertiary/aromatic N) is 4. The van der Waals surface area contributed by atoms with Gasteiger partial charge in [0.05, 0.1) is 29.9 Å². The molecule has 0 atom stereocenters. The van der Waals surface area contributed by atoms with Gasteiger partial charge in [-0.25, -0.2) is 0 Å². The number of rotatable bonds is 4. The van der Waals surface area contributed by atoms with E-state index in [9.17, 15) is 4.79 Å². The molecule has 11 heteroatoms. The lowest BCUT2D eigenvalue weighted by atomic mass is 10.1. The van der Waals surface area contributed by atoms with E-state index in [1.54, 1.807) is 24.0 Å². The number of ether oxygens (including phenoxy) is 1. The van der Waals surface area contributed by atoms with Crippen LogP contribution in [0.2, 0.25) is 5.02 Å². The van der Waals surface area contributed by atoms with Crippen molar-refractivity contribution in [3.8, 4) is 5.75 Å². The number of methoxy groups -OCH3 is 1. The summed E-state index contributed by atoms with van der Waals surface area (Å²) >= 11 is 6.06. The summed E-state index contributed by atoms with van der Waals surface area (Å²) in [5, 5.41) is 4.24. The first-order valence-corrected chi connectivity index (χ1v) is 8.29. The molecule has 8 nitrogen and oxygen atoms in total. The first-order chi connectivity index (χ1) is 12.0. The van der Waals surface area contributed by atoms with E-state index in [0.29, 0.717) is 53.4 Å². The summed E-state index contributed by atoms with van der Waals surface area (Å²) in [6.07, 6.45) is 0. The maximum atomic E-state index is 12.8. The number of nitrogen functional groups attached to an aromatic ring is 1. The molecule has 0 radical (unpaired) electrons. The number of nitrogens with two attached hydrogens (primary N) is 1. The highest BCUT2D eigenvalue weighted by atomic mass is 35.5. The number of benzene rings is 1. The summed E-state index contributed by atoms with van der Waals surface area (Å²) in [5.74, 6) is 1.52. The lowest BCUT2D eigenvalue weighted by molar-refractivity contribution is 0.0621. The van der Waals surface area contributed by atoms with Crippen LogP contribution in [0.4, 0.5) is 5.69 Å². The predicted molar refractivity (Wildman–Crippen MR) is 107 cm³/mol. The monoisotopic (exact) mass is 437 g/mol. The van der Waals surface area contributed by atoms with Crippen LogP contribution in [0.25, 0.3) is 0 Å². The standard InChI is InChI=1S/C16H20ClN5O3.2ClH/c1-10-19-15(20-25-10)9-21-3-5-22(6-4-21)16(23)11-7-12(17)13(18)8-14(11)24-2;;/h7-8H,3-6,9,18H2,1-2H3;2*1H. The van der Waals surface area contributed by atoms with Crippen LogP contribution >= 0.6 is 36.4 Å². The van der Waals surface area contributed by atoms with Crippen molar-refractivity contribution in [1.82, 2.24) is 19.9 Å². The smallest absolute Gasteiger partial charge is 0.257 e. The average Bonchev–Trinajstić information content (AvgIpc) is 3.02. The van der Waals surface area contributed by atoms with Gasteiger partial charge in [-0.15, -0.1) is 24.8 Å². The van der Waals surface area contributed by atoms with Crippen molar-refractivity contribution < 1.29 is 14.1 Å². The van der Waals surface area contributed by atoms with Gasteiger partial charge in [0.2, 0.25) is 5.89 Å². The number of piperazine rings is 1. The van der Waals surface area contributed by atoms with Gasteiger partial charge in [-0.05, 0) is 6.07 Å². The van der Waals surface area contributed by atoms with Crippen LogP contribution in [-0.4, -0.2) is 59.1 Å². The summed E-state index contributed by atoms with van der Waals surface area (Å²) in [6.45, 7) is 5.02. The molecule has 1 aromatic carbocycles. The highest BCUT2D eigenvalue weighted by molar-refractivity contribution is 6.33. The van der Waals surface area contributed by atoms with Crippen molar-refractivity contribution in [3.63, 3.8) is 0 Å². The minimum absolute atomic E-state index is 0. The molecular formula is C16H22Cl3N5O3. The molecule has 27 heavy (non-hydrogen) atoms. The normalized spacial score (nSPS) is 14.3. The Kier molecular flexibility index (Phi) is 8.61. The second kappa shape index (κ2) is 9.98. The Morgan fingerprint density at radius 3 is 2.52 bits per heavy atom. The van der Waals surface area contributed by atoms with Gasteiger partial charge in [0, 0.05) is 39.2 Å². The molecule has 2 heterocycles. The van der Waals surface area contributed by atoms with E-state index in [1.165, 1.54) is 7.11 Å². The van der Waals surface area contributed by atoms with Crippen molar-refractivity contribution in [1.29, 1.82) is 0 Å². The van der Waals surface area contributed by atoms with Gasteiger partial charge < -0.3 is 19.9 Å². The molecule has 0 aliphatic carbocycles. The summed E-state index contributed by atoms with van der Waals surface area (Å²) in [7, 11) is 1.50. The molecule has 1 aliphatic heterocycles. The molecule has 0 unspecified atom stereocenters. The van der Waals surface area contributed by atoms with Gasteiger partial charge in [-0.3, -0.25) is 9.69 Å². The van der Waals surface area contributed by atoms with E-state index < -0.39 is 0 Å². The zero-order valence-electron chi connectivity index (χ0n) is 15.0. The van der Waals surface area contributed by atoms with Crippen molar-refractivity contribution >= 4 is 48.0 Å². The average molecular weight is 439 g/mol.